The normalized spacial score (nSPS) is 15.9. The molecule has 0 N–H and O–H groups in total. The van der Waals surface area contributed by atoms with Gasteiger partial charge in [0.25, 0.3) is 5.91 Å². The third-order valence-electron chi connectivity index (χ3n) is 5.35. The Morgan fingerprint density at radius 2 is 1.72 bits per heavy atom. The van der Waals surface area contributed by atoms with Crippen molar-refractivity contribution < 1.29 is 19.1 Å². The molecule has 1 saturated heterocycles. The van der Waals surface area contributed by atoms with Crippen LogP contribution < -0.4 is 9.47 Å². The van der Waals surface area contributed by atoms with Gasteiger partial charge in [-0.05, 0) is 53.6 Å². The van der Waals surface area contributed by atoms with E-state index in [9.17, 15) is 9.59 Å². The maximum atomic E-state index is 12.6. The van der Waals surface area contributed by atoms with Gasteiger partial charge in [-0.2, -0.15) is 0 Å². The highest BCUT2D eigenvalue weighted by molar-refractivity contribution is 5.95. The molecule has 29 heavy (non-hydrogen) atoms. The van der Waals surface area contributed by atoms with Crippen molar-refractivity contribution in [3.63, 3.8) is 0 Å². The van der Waals surface area contributed by atoms with Gasteiger partial charge < -0.3 is 19.3 Å². The molecule has 0 radical (unpaired) electrons. The Balaban J connectivity index is 1.31. The molecule has 0 atom stereocenters. The fraction of sp³-hybridized carbons (Fsp3) is 0.304. The number of carbonyl (C=O) groups is 2. The van der Waals surface area contributed by atoms with Crippen LogP contribution in [0.25, 0.3) is 6.08 Å². The Morgan fingerprint density at radius 3 is 2.45 bits per heavy atom. The topological polar surface area (TPSA) is 59.1 Å². The summed E-state index contributed by atoms with van der Waals surface area (Å²) in [5.74, 6) is 1.61. The summed E-state index contributed by atoms with van der Waals surface area (Å²) in [7, 11) is 1.60. The van der Waals surface area contributed by atoms with Gasteiger partial charge in [-0.3, -0.25) is 9.59 Å². The number of ether oxygens (including phenoxy) is 2. The van der Waals surface area contributed by atoms with Gasteiger partial charge in [-0.1, -0.05) is 6.07 Å². The van der Waals surface area contributed by atoms with E-state index in [0.29, 0.717) is 31.7 Å². The van der Waals surface area contributed by atoms with Crippen LogP contribution in [0.1, 0.15) is 21.5 Å². The fourth-order valence-electron chi connectivity index (χ4n) is 3.63. The number of rotatable bonds is 4. The van der Waals surface area contributed by atoms with E-state index in [1.165, 1.54) is 5.56 Å². The third-order valence-corrected chi connectivity index (χ3v) is 5.35. The van der Waals surface area contributed by atoms with Gasteiger partial charge >= 0.3 is 0 Å². The van der Waals surface area contributed by atoms with E-state index in [1.807, 2.05) is 18.2 Å². The zero-order valence-electron chi connectivity index (χ0n) is 16.5. The molecule has 6 heteroatoms. The minimum Gasteiger partial charge on any atom is -0.497 e. The van der Waals surface area contributed by atoms with Crippen LogP contribution in [0.3, 0.4) is 0 Å². The van der Waals surface area contributed by atoms with Crippen molar-refractivity contribution in [3.8, 4) is 11.5 Å². The lowest BCUT2D eigenvalue weighted by atomic mass is 10.1. The first kappa shape index (κ1) is 19.1. The maximum absolute atomic E-state index is 12.6. The predicted octanol–water partition coefficient (Wildman–Crippen LogP) is 2.63. The highest BCUT2D eigenvalue weighted by Gasteiger charge is 2.24. The second-order valence-corrected chi connectivity index (χ2v) is 7.14. The molecule has 1 fully saturated rings. The minimum absolute atomic E-state index is 0.0179. The van der Waals surface area contributed by atoms with Crippen molar-refractivity contribution in [1.82, 2.24) is 9.80 Å². The summed E-state index contributed by atoms with van der Waals surface area (Å²) < 4.78 is 10.6. The Kier molecular flexibility index (Phi) is 5.51. The number of nitrogens with zero attached hydrogens (tertiary/aromatic N) is 2. The van der Waals surface area contributed by atoms with E-state index in [-0.39, 0.29) is 11.8 Å². The summed E-state index contributed by atoms with van der Waals surface area (Å²) in [6, 6.07) is 13.1. The molecular weight excluding hydrogens is 368 g/mol. The summed E-state index contributed by atoms with van der Waals surface area (Å²) >= 11 is 0. The highest BCUT2D eigenvalue weighted by Crippen LogP contribution is 2.26. The molecule has 150 valence electrons. The first-order valence-electron chi connectivity index (χ1n) is 9.80. The molecule has 2 aromatic carbocycles. The van der Waals surface area contributed by atoms with Crippen LogP contribution >= 0.6 is 0 Å². The van der Waals surface area contributed by atoms with Crippen LogP contribution in [0.2, 0.25) is 0 Å². The zero-order chi connectivity index (χ0) is 20.2. The first-order valence-corrected chi connectivity index (χ1v) is 9.80. The van der Waals surface area contributed by atoms with Crippen LogP contribution in [-0.4, -0.2) is 61.5 Å². The van der Waals surface area contributed by atoms with E-state index in [1.54, 1.807) is 47.3 Å². The van der Waals surface area contributed by atoms with Crippen molar-refractivity contribution in [2.24, 2.45) is 0 Å². The average molecular weight is 392 g/mol. The van der Waals surface area contributed by atoms with Crippen LogP contribution in [0.5, 0.6) is 11.5 Å². The van der Waals surface area contributed by atoms with Gasteiger partial charge in [-0.15, -0.1) is 0 Å². The molecule has 6 nitrogen and oxygen atoms in total. The molecule has 0 spiro atoms. The molecular formula is C23H24N2O4. The molecule has 4 rings (SSSR count). The van der Waals surface area contributed by atoms with Crippen molar-refractivity contribution in [3.05, 3.63) is 65.2 Å². The maximum Gasteiger partial charge on any atom is 0.253 e. The largest absolute Gasteiger partial charge is 0.497 e. The lowest BCUT2D eigenvalue weighted by molar-refractivity contribution is -0.127. The van der Waals surface area contributed by atoms with E-state index >= 15 is 0 Å². The molecule has 0 aromatic heterocycles. The summed E-state index contributed by atoms with van der Waals surface area (Å²) in [5.41, 5.74) is 2.81. The van der Waals surface area contributed by atoms with Crippen LogP contribution in [0, 0.1) is 0 Å². The van der Waals surface area contributed by atoms with Crippen LogP contribution in [0.15, 0.2) is 48.5 Å². The van der Waals surface area contributed by atoms with Crippen molar-refractivity contribution in [2.45, 2.75) is 6.42 Å². The number of amides is 2. The summed E-state index contributed by atoms with van der Waals surface area (Å²) in [4.78, 5) is 28.7. The molecule has 0 unspecified atom stereocenters. The summed E-state index contributed by atoms with van der Waals surface area (Å²) in [6.07, 6.45) is 4.36. The van der Waals surface area contributed by atoms with Gasteiger partial charge in [0.1, 0.15) is 11.5 Å². The molecule has 0 saturated carbocycles. The predicted molar refractivity (Wildman–Crippen MR) is 110 cm³/mol. The number of carbonyl (C=O) groups excluding carboxylic acids is 2. The molecule has 0 aliphatic carbocycles. The van der Waals surface area contributed by atoms with Crippen molar-refractivity contribution in [1.29, 1.82) is 0 Å². The molecule has 0 bridgehead atoms. The minimum atomic E-state index is -0.0294. The van der Waals surface area contributed by atoms with Crippen molar-refractivity contribution in [2.75, 3.05) is 39.9 Å². The fourth-order valence-corrected chi connectivity index (χ4v) is 3.63. The Morgan fingerprint density at radius 1 is 1.00 bits per heavy atom. The van der Waals surface area contributed by atoms with Gasteiger partial charge in [0.15, 0.2) is 0 Å². The van der Waals surface area contributed by atoms with Gasteiger partial charge in [0, 0.05) is 44.2 Å². The van der Waals surface area contributed by atoms with E-state index in [2.05, 4.69) is 6.07 Å². The summed E-state index contributed by atoms with van der Waals surface area (Å²) in [6.45, 7) is 2.84. The molecule has 2 aliphatic heterocycles. The lowest BCUT2D eigenvalue weighted by Crippen LogP contribution is -2.50. The number of piperazine rings is 1. The Bertz CT molecular complexity index is 928. The summed E-state index contributed by atoms with van der Waals surface area (Å²) in [5, 5.41) is 0. The Labute approximate surface area is 170 Å². The van der Waals surface area contributed by atoms with Gasteiger partial charge in [0.2, 0.25) is 5.91 Å². The monoisotopic (exact) mass is 392 g/mol. The number of hydrogen-bond acceptors (Lipinski definition) is 4. The van der Waals surface area contributed by atoms with E-state index < -0.39 is 0 Å². The lowest BCUT2D eigenvalue weighted by Gasteiger charge is -2.34. The van der Waals surface area contributed by atoms with Gasteiger partial charge in [-0.25, -0.2) is 0 Å². The number of methoxy groups -OCH3 is 1. The Hall–Kier alpha value is -3.28. The zero-order valence-corrected chi connectivity index (χ0v) is 16.5. The SMILES string of the molecule is COc1ccc(C(=O)N2CCN(C(=O)/C=C/c3ccc4c(c3)CCO4)CC2)cc1. The second-order valence-electron chi connectivity index (χ2n) is 7.14. The van der Waals surface area contributed by atoms with Crippen molar-refractivity contribution >= 4 is 17.9 Å². The van der Waals surface area contributed by atoms with E-state index in [0.717, 1.165) is 30.1 Å². The molecule has 2 amide bonds. The van der Waals surface area contributed by atoms with Crippen LogP contribution in [0.4, 0.5) is 0 Å². The number of benzene rings is 2. The van der Waals surface area contributed by atoms with Gasteiger partial charge in [0.05, 0.1) is 13.7 Å². The van der Waals surface area contributed by atoms with E-state index in [4.69, 9.17) is 9.47 Å². The highest BCUT2D eigenvalue weighted by atomic mass is 16.5. The smallest absolute Gasteiger partial charge is 0.253 e. The number of hydrogen-bond donors (Lipinski definition) is 0. The quantitative estimate of drug-likeness (QED) is 0.751. The van der Waals surface area contributed by atoms with Crippen LogP contribution in [-0.2, 0) is 11.2 Å². The molecule has 2 heterocycles. The number of fused-ring (bicyclic) bond motifs is 1. The second kappa shape index (κ2) is 8.39. The average Bonchev–Trinajstić information content (AvgIpc) is 3.25. The standard InChI is InChI=1S/C23H24N2O4/c1-28-20-6-4-18(5-7-20)23(27)25-13-11-24(12-14-25)22(26)9-3-17-2-8-21-19(16-17)10-15-29-21/h2-9,16H,10-15H2,1H3/b9-3+. The third kappa shape index (κ3) is 4.26. The first-order chi connectivity index (χ1) is 14.1. The molecule has 2 aliphatic rings. The molecule has 2 aromatic rings.